The van der Waals surface area contributed by atoms with Gasteiger partial charge in [-0.3, -0.25) is 19.7 Å². The number of methoxy groups -OCH3 is 1. The standard InChI is InChI=1S/C40H52N2O14/c1-11-53-39(51)42-29-28-34(48)26-25(33(29)47)27-36(22(7)32(26)46)56-40(9,37(27)49)54-16-15-24(52-10)19(4)35(55-23(8)43)21(6)31(45)20(5)30(44)17(2)13-12-14-18(3)38(50)41-28/h12-17,19-21,24,30-31,35,44-48H,11H2,1-10H3,(H,41,50)(H,42,51)/b13-12+,16-15+,18-14-/t17-,19+,20+,21+,24-,30-,31+,35+,40-/m0/s1. The molecule has 0 aromatic heterocycles. The van der Waals surface area contributed by atoms with Crippen molar-refractivity contribution in [2.24, 2.45) is 23.7 Å². The summed E-state index contributed by atoms with van der Waals surface area (Å²) in [6, 6.07) is 0. The van der Waals surface area contributed by atoms with Crippen LogP contribution in [0.25, 0.3) is 10.8 Å². The van der Waals surface area contributed by atoms with Crippen LogP contribution in [0.5, 0.6) is 23.0 Å². The Labute approximate surface area is 324 Å². The third-order valence-corrected chi connectivity index (χ3v) is 10.5. The molecule has 7 N–H and O–H groups in total. The van der Waals surface area contributed by atoms with Crippen LogP contribution in [0, 0.1) is 30.6 Å². The van der Waals surface area contributed by atoms with Gasteiger partial charge in [-0.2, -0.15) is 0 Å². The molecule has 0 saturated carbocycles. The van der Waals surface area contributed by atoms with Gasteiger partial charge < -0.3 is 54.5 Å². The molecule has 56 heavy (non-hydrogen) atoms. The number of fused-ring (bicyclic) bond motifs is 14. The summed E-state index contributed by atoms with van der Waals surface area (Å²) < 4.78 is 28.3. The fraction of sp³-hybridized carbons (Fsp3) is 0.500. The molecule has 5 bridgehead atoms. The second kappa shape index (κ2) is 17.2. The van der Waals surface area contributed by atoms with Gasteiger partial charge in [0.2, 0.25) is 0 Å². The third-order valence-electron chi connectivity index (χ3n) is 10.5. The van der Waals surface area contributed by atoms with Crippen molar-refractivity contribution in [2.45, 2.75) is 92.5 Å². The molecule has 0 unspecified atom stereocenters. The lowest BCUT2D eigenvalue weighted by atomic mass is 9.78. The predicted octanol–water partition coefficient (Wildman–Crippen LogP) is 5.32. The number of amides is 2. The van der Waals surface area contributed by atoms with Crippen LogP contribution in [-0.4, -0.2) is 93.2 Å². The Morgan fingerprint density at radius 2 is 1.61 bits per heavy atom. The number of aromatic hydroxyl groups is 3. The molecule has 2 aromatic rings. The maximum atomic E-state index is 14.2. The highest BCUT2D eigenvalue weighted by atomic mass is 16.7. The van der Waals surface area contributed by atoms with E-state index >= 15 is 0 Å². The van der Waals surface area contributed by atoms with Crippen LogP contribution in [0.2, 0.25) is 0 Å². The number of rotatable bonds is 4. The molecule has 3 aliphatic heterocycles. The highest BCUT2D eigenvalue weighted by molar-refractivity contribution is 6.24. The zero-order chi connectivity index (χ0) is 42.0. The van der Waals surface area contributed by atoms with E-state index in [1.165, 1.54) is 60.0 Å². The first-order valence-electron chi connectivity index (χ1n) is 18.2. The number of allylic oxidation sites excluding steroid dienone is 2. The molecule has 0 spiro atoms. The van der Waals surface area contributed by atoms with Gasteiger partial charge in [-0.15, -0.1) is 0 Å². The summed E-state index contributed by atoms with van der Waals surface area (Å²) in [6.45, 7) is 13.6. The molecule has 3 heterocycles. The van der Waals surface area contributed by atoms with E-state index in [2.05, 4.69) is 10.6 Å². The van der Waals surface area contributed by atoms with E-state index in [-0.39, 0.29) is 29.1 Å². The second-order valence-electron chi connectivity index (χ2n) is 14.4. The molecule has 2 aromatic carbocycles. The van der Waals surface area contributed by atoms with Crippen molar-refractivity contribution in [3.63, 3.8) is 0 Å². The lowest BCUT2D eigenvalue weighted by Crippen LogP contribution is -2.46. The van der Waals surface area contributed by atoms with Gasteiger partial charge in [0.05, 0.1) is 42.1 Å². The summed E-state index contributed by atoms with van der Waals surface area (Å²) in [6.07, 6.45) is 2.07. The van der Waals surface area contributed by atoms with Crippen molar-refractivity contribution >= 4 is 45.9 Å². The Balaban J connectivity index is 1.97. The zero-order valence-electron chi connectivity index (χ0n) is 33.1. The van der Waals surface area contributed by atoms with Gasteiger partial charge >= 0.3 is 17.8 Å². The number of carbonyl (C=O) groups excluding carboxylic acids is 4. The van der Waals surface area contributed by atoms with Gasteiger partial charge in [0.1, 0.15) is 34.7 Å². The zero-order valence-corrected chi connectivity index (χ0v) is 33.1. The first-order chi connectivity index (χ1) is 26.2. The van der Waals surface area contributed by atoms with Crippen molar-refractivity contribution in [2.75, 3.05) is 24.4 Å². The van der Waals surface area contributed by atoms with E-state index in [9.17, 15) is 44.7 Å². The molecule has 2 amide bonds. The van der Waals surface area contributed by atoms with Crippen molar-refractivity contribution < 1.29 is 68.4 Å². The molecule has 5 rings (SSSR count). The minimum atomic E-state index is -2.11. The predicted molar refractivity (Wildman–Crippen MR) is 204 cm³/mol. The number of phenolic OH excluding ortho intramolecular Hbond substituents is 3. The molecular formula is C40H52N2O14. The summed E-state index contributed by atoms with van der Waals surface area (Å²) in [7, 11) is 1.41. The monoisotopic (exact) mass is 784 g/mol. The SMILES string of the molecule is CCOC(=O)Nc1c2c(O)c3c(O)c(C)c4c(c3c1O)C(=O)[C@@](C)(O/C=C/[C@H](OC)[C@@H](C)[C@@H](OC(C)=O)[C@H](C)[C@H](O)[C@H](C)[C@@H](O)[C@@H](C)/C=C/C=C(/C)C(=O)N2)O4. The first-order valence-corrected chi connectivity index (χ1v) is 18.2. The summed E-state index contributed by atoms with van der Waals surface area (Å²) in [5.74, 6) is -9.40. The lowest BCUT2D eigenvalue weighted by molar-refractivity contribution is -0.160. The molecule has 306 valence electrons. The molecule has 0 aliphatic carbocycles. The number of ketones is 1. The number of aliphatic hydroxyl groups excluding tert-OH is 2. The normalized spacial score (nSPS) is 30.8. The van der Waals surface area contributed by atoms with E-state index in [1.807, 2.05) is 0 Å². The van der Waals surface area contributed by atoms with Crippen LogP contribution in [-0.2, 0) is 28.5 Å². The molecule has 9 atom stereocenters. The Morgan fingerprint density at radius 1 is 0.946 bits per heavy atom. The summed E-state index contributed by atoms with van der Waals surface area (Å²) in [5, 5.41) is 61.5. The number of benzene rings is 2. The maximum absolute atomic E-state index is 14.2. The summed E-state index contributed by atoms with van der Waals surface area (Å²) >= 11 is 0. The van der Waals surface area contributed by atoms with Crippen molar-refractivity contribution in [3.05, 3.63) is 47.3 Å². The molecular weight excluding hydrogens is 732 g/mol. The van der Waals surface area contributed by atoms with Gasteiger partial charge in [0.15, 0.2) is 5.75 Å². The van der Waals surface area contributed by atoms with E-state index in [0.717, 1.165) is 6.26 Å². The largest absolute Gasteiger partial charge is 0.507 e. The van der Waals surface area contributed by atoms with Gasteiger partial charge in [-0.05, 0) is 26.8 Å². The maximum Gasteiger partial charge on any atom is 0.411 e. The molecule has 0 fully saturated rings. The van der Waals surface area contributed by atoms with Crippen molar-refractivity contribution in [3.8, 4) is 23.0 Å². The number of esters is 1. The van der Waals surface area contributed by atoms with Crippen LogP contribution in [0.3, 0.4) is 0 Å². The molecule has 16 nitrogen and oxygen atoms in total. The van der Waals surface area contributed by atoms with Crippen LogP contribution in [0.15, 0.2) is 36.1 Å². The smallest absolute Gasteiger partial charge is 0.411 e. The number of nitrogens with one attached hydrogen (secondary N) is 2. The molecule has 0 radical (unpaired) electrons. The van der Waals surface area contributed by atoms with Gasteiger partial charge in [0.25, 0.3) is 11.7 Å². The number of aliphatic hydroxyl groups is 2. The Morgan fingerprint density at radius 3 is 2.21 bits per heavy atom. The van der Waals surface area contributed by atoms with Gasteiger partial charge in [-0.1, -0.05) is 45.9 Å². The third kappa shape index (κ3) is 8.27. The minimum Gasteiger partial charge on any atom is -0.507 e. The molecule has 3 aliphatic rings. The number of anilines is 2. The molecule has 16 heteroatoms. The van der Waals surface area contributed by atoms with Gasteiger partial charge in [-0.25, -0.2) is 4.79 Å². The highest BCUT2D eigenvalue weighted by Crippen LogP contribution is 2.57. The van der Waals surface area contributed by atoms with E-state index < -0.39 is 117 Å². The Bertz CT molecular complexity index is 1970. The highest BCUT2D eigenvalue weighted by Gasteiger charge is 2.50. The second-order valence-corrected chi connectivity index (χ2v) is 14.4. The summed E-state index contributed by atoms with van der Waals surface area (Å²) in [4.78, 5) is 52.7. The number of carbonyl (C=O) groups is 4. The van der Waals surface area contributed by atoms with Crippen molar-refractivity contribution in [1.82, 2.24) is 0 Å². The topological polar surface area (TPSA) is 240 Å². The average molecular weight is 785 g/mol. The van der Waals surface area contributed by atoms with E-state index in [1.54, 1.807) is 33.8 Å². The lowest BCUT2D eigenvalue weighted by Gasteiger charge is -2.38. The average Bonchev–Trinajstić information content (AvgIpc) is 3.41. The van der Waals surface area contributed by atoms with Crippen LogP contribution in [0.1, 0.15) is 71.3 Å². The number of ether oxygens (including phenoxy) is 5. The van der Waals surface area contributed by atoms with Crippen molar-refractivity contribution in [1.29, 1.82) is 0 Å². The van der Waals surface area contributed by atoms with Crippen LogP contribution in [0.4, 0.5) is 16.2 Å². The Hall–Kier alpha value is -5.32. The van der Waals surface area contributed by atoms with E-state index in [4.69, 9.17) is 23.7 Å². The number of phenols is 3. The fourth-order valence-electron chi connectivity index (χ4n) is 7.11. The minimum absolute atomic E-state index is 0.0207. The fourth-order valence-corrected chi connectivity index (χ4v) is 7.11. The van der Waals surface area contributed by atoms with Crippen LogP contribution < -0.4 is 15.4 Å². The van der Waals surface area contributed by atoms with Crippen LogP contribution >= 0.6 is 0 Å². The number of Topliss-reactive ketones (excluding diaryl/α,β-unsaturated/α-hetero) is 1. The van der Waals surface area contributed by atoms with E-state index in [0.29, 0.717) is 0 Å². The van der Waals surface area contributed by atoms with Gasteiger partial charge in [0, 0.05) is 61.2 Å². The number of hydrogen-bond acceptors (Lipinski definition) is 14. The Kier molecular flexibility index (Phi) is 13.3. The quantitative estimate of drug-likeness (QED) is 0.118. The number of hydrogen-bond donors (Lipinski definition) is 7. The first kappa shape index (κ1) is 43.4. The molecule has 0 saturated heterocycles. The summed E-state index contributed by atoms with van der Waals surface area (Å²) in [5.41, 5.74) is -1.32.